The van der Waals surface area contributed by atoms with Crippen molar-refractivity contribution >= 4 is 34.0 Å². The highest BCUT2D eigenvalue weighted by Crippen LogP contribution is 2.27. The first-order valence-electron chi connectivity index (χ1n) is 5.38. The van der Waals surface area contributed by atoms with Gasteiger partial charge in [-0.1, -0.05) is 0 Å². The zero-order valence-corrected chi connectivity index (χ0v) is 13.0. The van der Waals surface area contributed by atoms with Crippen molar-refractivity contribution in [3.8, 4) is 0 Å². The topological polar surface area (TPSA) is 58.3 Å². The number of β-amino-alcohol motifs (C(OH)–C–C–N with tert-alkyl or cyclic N) is 1. The molecule has 1 unspecified atom stereocenters. The van der Waals surface area contributed by atoms with E-state index in [1.807, 2.05) is 20.8 Å². The molecule has 1 aromatic carbocycles. The standard InChI is InChI=1S/C12H18BrFN2O.ClH/c1-12(2,3)16-6-10(17)7-4-8(13)11(15)9(14)5-7;/h4-5,10,16-17H,6,15H2,1-3H3;1H. The molecule has 0 heterocycles. The van der Waals surface area contributed by atoms with Crippen LogP contribution in [0.5, 0.6) is 0 Å². The quantitative estimate of drug-likeness (QED) is 0.741. The van der Waals surface area contributed by atoms with Crippen LogP contribution in [0, 0.1) is 5.82 Å². The number of aliphatic hydroxyl groups excluding tert-OH is 1. The van der Waals surface area contributed by atoms with Gasteiger partial charge in [0, 0.05) is 16.6 Å². The van der Waals surface area contributed by atoms with Gasteiger partial charge in [0.25, 0.3) is 0 Å². The first-order chi connectivity index (χ1) is 7.70. The molecule has 6 heteroatoms. The molecule has 0 aliphatic carbocycles. The molecule has 0 aliphatic heterocycles. The molecule has 0 bridgehead atoms. The van der Waals surface area contributed by atoms with E-state index < -0.39 is 11.9 Å². The maximum absolute atomic E-state index is 13.4. The third-order valence-corrected chi connectivity index (χ3v) is 2.97. The van der Waals surface area contributed by atoms with Crippen LogP contribution in [-0.4, -0.2) is 17.2 Å². The Labute approximate surface area is 121 Å². The highest BCUT2D eigenvalue weighted by atomic mass is 79.9. The molecule has 0 saturated carbocycles. The molecule has 3 nitrogen and oxygen atoms in total. The van der Waals surface area contributed by atoms with Gasteiger partial charge in [0.2, 0.25) is 0 Å². The Kier molecular flexibility index (Phi) is 6.57. The summed E-state index contributed by atoms with van der Waals surface area (Å²) in [6.07, 6.45) is -0.763. The van der Waals surface area contributed by atoms with Crippen LogP contribution in [-0.2, 0) is 0 Å². The van der Waals surface area contributed by atoms with Crippen LogP contribution in [0.4, 0.5) is 10.1 Å². The van der Waals surface area contributed by atoms with Crippen LogP contribution in [0.15, 0.2) is 16.6 Å². The minimum Gasteiger partial charge on any atom is -0.395 e. The lowest BCUT2D eigenvalue weighted by atomic mass is 10.1. The largest absolute Gasteiger partial charge is 0.395 e. The average Bonchev–Trinajstić information content (AvgIpc) is 2.20. The molecule has 104 valence electrons. The summed E-state index contributed by atoms with van der Waals surface area (Å²) in [7, 11) is 0. The summed E-state index contributed by atoms with van der Waals surface area (Å²) in [5.74, 6) is -0.524. The number of hydrogen-bond donors (Lipinski definition) is 3. The van der Waals surface area contributed by atoms with E-state index in [4.69, 9.17) is 5.73 Å². The minimum atomic E-state index is -0.763. The number of nitrogen functional groups attached to an aromatic ring is 1. The Balaban J connectivity index is 0.00000289. The van der Waals surface area contributed by atoms with Crippen LogP contribution < -0.4 is 11.1 Å². The highest BCUT2D eigenvalue weighted by Gasteiger charge is 2.16. The Hall–Kier alpha value is -0.360. The monoisotopic (exact) mass is 340 g/mol. The first kappa shape index (κ1) is 17.6. The van der Waals surface area contributed by atoms with Crippen LogP contribution in [0.2, 0.25) is 0 Å². The minimum absolute atomic E-state index is 0. The summed E-state index contributed by atoms with van der Waals surface area (Å²) in [4.78, 5) is 0. The number of benzene rings is 1. The Morgan fingerprint density at radius 2 is 2.00 bits per heavy atom. The maximum Gasteiger partial charge on any atom is 0.147 e. The van der Waals surface area contributed by atoms with E-state index in [9.17, 15) is 9.50 Å². The molecule has 0 saturated heterocycles. The van der Waals surface area contributed by atoms with Gasteiger partial charge < -0.3 is 16.2 Å². The van der Waals surface area contributed by atoms with Crippen LogP contribution >= 0.6 is 28.3 Å². The number of nitrogens with one attached hydrogen (secondary N) is 1. The van der Waals surface area contributed by atoms with Gasteiger partial charge in [0.05, 0.1) is 11.8 Å². The SMILES string of the molecule is CC(C)(C)NCC(O)c1cc(F)c(N)c(Br)c1.Cl. The second-order valence-electron chi connectivity index (χ2n) is 5.04. The predicted molar refractivity (Wildman–Crippen MR) is 78.5 cm³/mol. The fraction of sp³-hybridized carbons (Fsp3) is 0.500. The number of nitrogens with two attached hydrogens (primary N) is 1. The summed E-state index contributed by atoms with van der Waals surface area (Å²) < 4.78 is 13.8. The normalized spacial score (nSPS) is 13.0. The molecule has 4 N–H and O–H groups in total. The van der Waals surface area contributed by atoms with Gasteiger partial charge in [-0.2, -0.15) is 0 Å². The Bertz CT molecular complexity index is 387. The summed E-state index contributed by atoms with van der Waals surface area (Å²) in [6, 6.07) is 2.89. The maximum atomic E-state index is 13.4. The zero-order chi connectivity index (χ0) is 13.2. The molecule has 1 rings (SSSR count). The molecule has 1 aromatic rings. The van der Waals surface area contributed by atoms with Gasteiger partial charge >= 0.3 is 0 Å². The molecular formula is C12H19BrClFN2O. The summed E-state index contributed by atoms with van der Waals surface area (Å²) in [5.41, 5.74) is 5.94. The number of aliphatic hydroxyl groups is 1. The van der Waals surface area contributed by atoms with Gasteiger partial charge in [-0.25, -0.2) is 4.39 Å². The third kappa shape index (κ3) is 5.10. The lowest BCUT2D eigenvalue weighted by Crippen LogP contribution is -2.38. The molecule has 0 aromatic heterocycles. The lowest BCUT2D eigenvalue weighted by Gasteiger charge is -2.23. The Morgan fingerprint density at radius 1 is 1.44 bits per heavy atom. The van der Waals surface area contributed by atoms with E-state index in [0.717, 1.165) is 0 Å². The lowest BCUT2D eigenvalue weighted by molar-refractivity contribution is 0.163. The summed E-state index contributed by atoms with van der Waals surface area (Å²) in [6.45, 7) is 6.36. The van der Waals surface area contributed by atoms with Crippen LogP contribution in [0.1, 0.15) is 32.4 Å². The first-order valence-corrected chi connectivity index (χ1v) is 6.17. The van der Waals surface area contributed by atoms with Gasteiger partial charge in [-0.15, -0.1) is 12.4 Å². The third-order valence-electron chi connectivity index (χ3n) is 2.31. The molecular weight excluding hydrogens is 322 g/mol. The second-order valence-corrected chi connectivity index (χ2v) is 5.90. The fourth-order valence-electron chi connectivity index (χ4n) is 1.32. The molecule has 0 amide bonds. The van der Waals surface area contributed by atoms with E-state index in [1.54, 1.807) is 6.07 Å². The zero-order valence-electron chi connectivity index (χ0n) is 10.6. The number of hydrogen-bond acceptors (Lipinski definition) is 3. The molecule has 0 aliphatic rings. The molecule has 0 radical (unpaired) electrons. The number of rotatable bonds is 3. The van der Waals surface area contributed by atoms with Crippen molar-refractivity contribution in [1.82, 2.24) is 5.32 Å². The van der Waals surface area contributed by atoms with Crippen molar-refractivity contribution in [3.63, 3.8) is 0 Å². The fourth-order valence-corrected chi connectivity index (χ4v) is 1.77. The summed E-state index contributed by atoms with van der Waals surface area (Å²) in [5, 5.41) is 13.1. The highest BCUT2D eigenvalue weighted by molar-refractivity contribution is 9.10. The van der Waals surface area contributed by atoms with Crippen molar-refractivity contribution in [1.29, 1.82) is 0 Å². The number of anilines is 1. The van der Waals surface area contributed by atoms with Crippen LogP contribution in [0.3, 0.4) is 0 Å². The van der Waals surface area contributed by atoms with E-state index in [1.165, 1.54) is 6.07 Å². The Morgan fingerprint density at radius 3 is 2.44 bits per heavy atom. The van der Waals surface area contributed by atoms with Gasteiger partial charge in [-0.3, -0.25) is 0 Å². The average molecular weight is 342 g/mol. The summed E-state index contributed by atoms with van der Waals surface area (Å²) >= 11 is 3.16. The van der Waals surface area contributed by atoms with E-state index in [-0.39, 0.29) is 23.6 Å². The predicted octanol–water partition coefficient (Wildman–Crippen LogP) is 3.01. The molecule has 1 atom stereocenters. The number of halogens is 3. The van der Waals surface area contributed by atoms with Crippen molar-refractivity contribution in [2.75, 3.05) is 12.3 Å². The van der Waals surface area contributed by atoms with E-state index >= 15 is 0 Å². The molecule has 18 heavy (non-hydrogen) atoms. The van der Waals surface area contributed by atoms with Gasteiger partial charge in [-0.05, 0) is 54.4 Å². The van der Waals surface area contributed by atoms with E-state index in [2.05, 4.69) is 21.2 Å². The second kappa shape index (κ2) is 6.70. The van der Waals surface area contributed by atoms with Crippen molar-refractivity contribution in [2.45, 2.75) is 32.4 Å². The molecule has 0 fully saturated rings. The van der Waals surface area contributed by atoms with E-state index in [0.29, 0.717) is 16.6 Å². The van der Waals surface area contributed by atoms with Gasteiger partial charge in [0.1, 0.15) is 5.82 Å². The van der Waals surface area contributed by atoms with Crippen molar-refractivity contribution in [3.05, 3.63) is 28.0 Å². The van der Waals surface area contributed by atoms with Crippen LogP contribution in [0.25, 0.3) is 0 Å². The van der Waals surface area contributed by atoms with Gasteiger partial charge in [0.15, 0.2) is 0 Å². The van der Waals surface area contributed by atoms with Crippen molar-refractivity contribution in [2.24, 2.45) is 0 Å². The molecule has 0 spiro atoms. The van der Waals surface area contributed by atoms with Crippen molar-refractivity contribution < 1.29 is 9.50 Å². The smallest absolute Gasteiger partial charge is 0.147 e.